The highest BCUT2D eigenvalue weighted by Gasteiger charge is 2.42. The number of hydrogen-bond donors (Lipinski definition) is 3. The minimum atomic E-state index is -0.489. The molecule has 2 amide bonds. The van der Waals surface area contributed by atoms with E-state index in [-0.39, 0.29) is 11.8 Å². The summed E-state index contributed by atoms with van der Waals surface area (Å²) in [5, 5.41) is 16.1. The molecule has 0 bridgehead atoms. The van der Waals surface area contributed by atoms with Crippen LogP contribution < -0.4 is 10.6 Å². The van der Waals surface area contributed by atoms with Gasteiger partial charge < -0.3 is 15.7 Å². The minimum absolute atomic E-state index is 0.0124. The van der Waals surface area contributed by atoms with Crippen LogP contribution in [0.15, 0.2) is 0 Å². The standard InChI is InChI=1S/C15H27N3O3/c1-12(19)16-7-8-17-14(20)11-18-9-6-15(21)5-3-2-4-13(15)10-18/h13,21H,2-11H2,1H3,(H,16,19)(H,17,20). The zero-order chi connectivity index (χ0) is 15.3. The van der Waals surface area contributed by atoms with Crippen LogP contribution in [0.5, 0.6) is 0 Å². The fourth-order valence-corrected chi connectivity index (χ4v) is 3.48. The lowest BCUT2D eigenvalue weighted by Crippen LogP contribution is -2.55. The number of amides is 2. The van der Waals surface area contributed by atoms with Gasteiger partial charge in [0.25, 0.3) is 0 Å². The molecule has 6 heteroatoms. The zero-order valence-electron chi connectivity index (χ0n) is 12.9. The summed E-state index contributed by atoms with van der Waals surface area (Å²) in [4.78, 5) is 24.7. The summed E-state index contributed by atoms with van der Waals surface area (Å²) >= 11 is 0. The molecule has 2 atom stereocenters. The van der Waals surface area contributed by atoms with Gasteiger partial charge in [-0.15, -0.1) is 0 Å². The van der Waals surface area contributed by atoms with E-state index in [9.17, 15) is 14.7 Å². The molecule has 0 aromatic rings. The first kappa shape index (κ1) is 16.2. The fraction of sp³-hybridized carbons (Fsp3) is 0.867. The van der Waals surface area contributed by atoms with Gasteiger partial charge in [-0.05, 0) is 19.3 Å². The van der Waals surface area contributed by atoms with Crippen molar-refractivity contribution in [3.8, 4) is 0 Å². The number of fused-ring (bicyclic) bond motifs is 1. The van der Waals surface area contributed by atoms with E-state index in [1.165, 1.54) is 13.3 Å². The van der Waals surface area contributed by atoms with Crippen molar-refractivity contribution >= 4 is 11.8 Å². The maximum absolute atomic E-state index is 11.9. The molecule has 0 aromatic carbocycles. The van der Waals surface area contributed by atoms with Gasteiger partial charge in [0.1, 0.15) is 0 Å². The summed E-state index contributed by atoms with van der Waals surface area (Å²) in [6.07, 6.45) is 5.06. The SMILES string of the molecule is CC(=O)NCCNC(=O)CN1CCC2(O)CCCCC2C1. The van der Waals surface area contributed by atoms with Crippen LogP contribution in [-0.2, 0) is 9.59 Å². The average molecular weight is 297 g/mol. The smallest absolute Gasteiger partial charge is 0.234 e. The summed E-state index contributed by atoms with van der Waals surface area (Å²) in [7, 11) is 0. The molecule has 0 radical (unpaired) electrons. The first-order valence-electron chi connectivity index (χ1n) is 7.95. The molecule has 6 nitrogen and oxygen atoms in total. The topological polar surface area (TPSA) is 81.7 Å². The first-order chi connectivity index (χ1) is 9.99. The predicted molar refractivity (Wildman–Crippen MR) is 79.7 cm³/mol. The molecular weight excluding hydrogens is 270 g/mol. The number of piperidine rings is 1. The Balaban J connectivity index is 1.69. The van der Waals surface area contributed by atoms with Crippen molar-refractivity contribution in [2.75, 3.05) is 32.7 Å². The van der Waals surface area contributed by atoms with Gasteiger partial charge >= 0.3 is 0 Å². The number of aliphatic hydroxyl groups is 1. The Kier molecular flexibility index (Phi) is 5.58. The Labute approximate surface area is 126 Å². The minimum Gasteiger partial charge on any atom is -0.390 e. The second-order valence-corrected chi connectivity index (χ2v) is 6.36. The molecule has 1 heterocycles. The lowest BCUT2D eigenvalue weighted by Gasteiger charge is -2.47. The van der Waals surface area contributed by atoms with Crippen molar-refractivity contribution in [1.29, 1.82) is 0 Å². The number of hydrogen-bond acceptors (Lipinski definition) is 4. The Morgan fingerprint density at radius 2 is 2.00 bits per heavy atom. The van der Waals surface area contributed by atoms with Gasteiger partial charge in [-0.2, -0.15) is 0 Å². The highest BCUT2D eigenvalue weighted by molar-refractivity contribution is 5.78. The number of rotatable bonds is 5. The molecular formula is C15H27N3O3. The Morgan fingerprint density at radius 1 is 1.24 bits per heavy atom. The largest absolute Gasteiger partial charge is 0.390 e. The number of likely N-dealkylation sites (tertiary alicyclic amines) is 1. The number of carbonyl (C=O) groups is 2. The second kappa shape index (κ2) is 7.22. The van der Waals surface area contributed by atoms with E-state index in [1.54, 1.807) is 0 Å². The van der Waals surface area contributed by atoms with Crippen molar-refractivity contribution < 1.29 is 14.7 Å². The first-order valence-corrected chi connectivity index (χ1v) is 7.95. The molecule has 1 saturated carbocycles. The number of carbonyl (C=O) groups excluding carboxylic acids is 2. The molecule has 2 unspecified atom stereocenters. The van der Waals surface area contributed by atoms with Crippen LogP contribution in [0.3, 0.4) is 0 Å². The van der Waals surface area contributed by atoms with Crippen molar-refractivity contribution in [3.05, 3.63) is 0 Å². The lowest BCUT2D eigenvalue weighted by molar-refractivity contribution is -0.127. The third-order valence-corrected chi connectivity index (χ3v) is 4.70. The molecule has 0 spiro atoms. The van der Waals surface area contributed by atoms with Crippen LogP contribution in [0.1, 0.15) is 39.0 Å². The predicted octanol–water partition coefficient (Wildman–Crippen LogP) is -0.134. The molecule has 2 fully saturated rings. The molecule has 3 N–H and O–H groups in total. The molecule has 1 saturated heterocycles. The van der Waals surface area contributed by atoms with E-state index in [2.05, 4.69) is 15.5 Å². The van der Waals surface area contributed by atoms with Gasteiger partial charge in [0.15, 0.2) is 0 Å². The van der Waals surface area contributed by atoms with Crippen LogP contribution in [0.25, 0.3) is 0 Å². The zero-order valence-corrected chi connectivity index (χ0v) is 12.9. The normalized spacial score (nSPS) is 29.5. The van der Waals surface area contributed by atoms with Gasteiger partial charge in [0.05, 0.1) is 12.1 Å². The average Bonchev–Trinajstić information content (AvgIpc) is 2.43. The highest BCUT2D eigenvalue weighted by Crippen LogP contribution is 2.39. The second-order valence-electron chi connectivity index (χ2n) is 6.36. The molecule has 1 aliphatic carbocycles. The molecule has 0 aromatic heterocycles. The van der Waals surface area contributed by atoms with Gasteiger partial charge in [-0.3, -0.25) is 14.5 Å². The molecule has 1 aliphatic heterocycles. The van der Waals surface area contributed by atoms with Crippen LogP contribution in [0.2, 0.25) is 0 Å². The summed E-state index contributed by atoms with van der Waals surface area (Å²) in [5.74, 6) is 0.214. The van der Waals surface area contributed by atoms with Gasteiger partial charge in [-0.25, -0.2) is 0 Å². The van der Waals surface area contributed by atoms with Crippen LogP contribution >= 0.6 is 0 Å². The van der Waals surface area contributed by atoms with Crippen molar-refractivity contribution in [2.24, 2.45) is 5.92 Å². The van der Waals surface area contributed by atoms with Crippen LogP contribution in [-0.4, -0.2) is 60.1 Å². The summed E-state index contributed by atoms with van der Waals surface area (Å²) < 4.78 is 0. The van der Waals surface area contributed by atoms with Crippen molar-refractivity contribution in [3.63, 3.8) is 0 Å². The fourth-order valence-electron chi connectivity index (χ4n) is 3.48. The van der Waals surface area contributed by atoms with Gasteiger partial charge in [-0.1, -0.05) is 12.8 Å². The van der Waals surface area contributed by atoms with Crippen LogP contribution in [0, 0.1) is 5.92 Å². The summed E-state index contributed by atoms with van der Waals surface area (Å²) in [5.41, 5.74) is -0.489. The monoisotopic (exact) mass is 297 g/mol. The van der Waals surface area contributed by atoms with Crippen molar-refractivity contribution in [2.45, 2.75) is 44.6 Å². The maximum atomic E-state index is 11.9. The number of nitrogens with zero attached hydrogens (tertiary/aromatic N) is 1. The third kappa shape index (κ3) is 4.68. The Morgan fingerprint density at radius 3 is 2.76 bits per heavy atom. The van der Waals surface area contributed by atoms with Crippen LogP contribution in [0.4, 0.5) is 0 Å². The quantitative estimate of drug-likeness (QED) is 0.617. The molecule has 120 valence electrons. The highest BCUT2D eigenvalue weighted by atomic mass is 16.3. The van der Waals surface area contributed by atoms with E-state index in [4.69, 9.17) is 0 Å². The molecule has 2 rings (SSSR count). The molecule has 2 aliphatic rings. The van der Waals surface area contributed by atoms with E-state index in [0.717, 1.165) is 38.8 Å². The Hall–Kier alpha value is -1.14. The molecule has 21 heavy (non-hydrogen) atoms. The number of nitrogens with one attached hydrogen (secondary N) is 2. The maximum Gasteiger partial charge on any atom is 0.234 e. The van der Waals surface area contributed by atoms with Gasteiger partial charge in [0, 0.05) is 39.0 Å². The van der Waals surface area contributed by atoms with E-state index >= 15 is 0 Å². The van der Waals surface area contributed by atoms with E-state index in [1.807, 2.05) is 0 Å². The third-order valence-electron chi connectivity index (χ3n) is 4.70. The van der Waals surface area contributed by atoms with E-state index in [0.29, 0.717) is 25.6 Å². The Bertz CT molecular complexity index is 388. The lowest BCUT2D eigenvalue weighted by atomic mass is 9.71. The van der Waals surface area contributed by atoms with E-state index < -0.39 is 5.60 Å². The summed E-state index contributed by atoms with van der Waals surface area (Å²) in [6, 6.07) is 0. The summed E-state index contributed by atoms with van der Waals surface area (Å²) in [6.45, 7) is 4.36. The van der Waals surface area contributed by atoms with Gasteiger partial charge in [0.2, 0.25) is 11.8 Å². The van der Waals surface area contributed by atoms with Crippen molar-refractivity contribution in [1.82, 2.24) is 15.5 Å².